The topological polar surface area (TPSA) is 80.2 Å². The number of nitrogens with one attached hydrogen (secondary N) is 1. The molecule has 0 saturated carbocycles. The lowest BCUT2D eigenvalue weighted by Crippen LogP contribution is -2.53. The third kappa shape index (κ3) is 6.56. The first-order valence-corrected chi connectivity index (χ1v) is 13.1. The highest BCUT2D eigenvalue weighted by atomic mass is 79.9. The van der Waals surface area contributed by atoms with Crippen molar-refractivity contribution in [3.63, 3.8) is 0 Å². The molecule has 0 aliphatic carbocycles. The largest absolute Gasteiger partial charge is 0.494 e. The Morgan fingerprint density at radius 1 is 1.14 bits per heavy atom. The summed E-state index contributed by atoms with van der Waals surface area (Å²) in [4.78, 5) is 18.6. The third-order valence-electron chi connectivity index (χ3n) is 6.36. The number of hydrogen-bond acceptors (Lipinski definition) is 5. The number of aliphatic hydroxyl groups is 1. The average molecular weight is 569 g/mol. The van der Waals surface area contributed by atoms with Crippen LogP contribution in [0.3, 0.4) is 0 Å². The Morgan fingerprint density at radius 2 is 1.86 bits per heavy atom. The monoisotopic (exact) mass is 568 g/mol. The molecule has 0 saturated heterocycles. The highest BCUT2D eigenvalue weighted by Gasteiger charge is 2.50. The van der Waals surface area contributed by atoms with Crippen molar-refractivity contribution in [2.24, 2.45) is 4.99 Å². The molecular formula is C29H30BrFN2O4. The zero-order valence-corrected chi connectivity index (χ0v) is 22.2. The fourth-order valence-corrected chi connectivity index (χ4v) is 4.62. The van der Waals surface area contributed by atoms with Crippen molar-refractivity contribution in [3.05, 3.63) is 99.8 Å². The molecule has 1 aliphatic heterocycles. The maximum Gasteiger partial charge on any atom is 0.252 e. The predicted octanol–water partition coefficient (Wildman–Crippen LogP) is 4.86. The number of hydrogen-bond donors (Lipinski definition) is 2. The summed E-state index contributed by atoms with van der Waals surface area (Å²) in [6, 6.07) is 21.4. The predicted molar refractivity (Wildman–Crippen MR) is 144 cm³/mol. The molecule has 1 amide bonds. The first-order chi connectivity index (χ1) is 17.9. The van der Waals surface area contributed by atoms with Crippen LogP contribution >= 0.6 is 15.9 Å². The summed E-state index contributed by atoms with van der Waals surface area (Å²) in [5.41, 5.74) is 1.46. The van der Waals surface area contributed by atoms with Gasteiger partial charge in [-0.1, -0.05) is 46.3 Å². The summed E-state index contributed by atoms with van der Waals surface area (Å²) in [5.74, 6) is 0.567. The van der Waals surface area contributed by atoms with E-state index < -0.39 is 11.6 Å². The van der Waals surface area contributed by atoms with E-state index in [1.807, 2.05) is 55.5 Å². The van der Waals surface area contributed by atoms with E-state index in [2.05, 4.69) is 21.2 Å². The molecule has 1 aliphatic rings. The number of nitrogens with zero attached hydrogens (tertiary/aromatic N) is 1. The van der Waals surface area contributed by atoms with Crippen LogP contribution in [-0.2, 0) is 22.4 Å². The summed E-state index contributed by atoms with van der Waals surface area (Å²) in [7, 11) is 0. The van der Waals surface area contributed by atoms with Gasteiger partial charge in [0.05, 0.1) is 6.61 Å². The van der Waals surface area contributed by atoms with Gasteiger partial charge >= 0.3 is 0 Å². The number of carbonyl (C=O) groups excluding carboxylic acids is 1. The summed E-state index contributed by atoms with van der Waals surface area (Å²) < 4.78 is 25.9. The van der Waals surface area contributed by atoms with E-state index in [1.165, 1.54) is 12.1 Å². The number of aliphatic hydroxyl groups excluding tert-OH is 1. The molecule has 0 aromatic heterocycles. The van der Waals surface area contributed by atoms with Crippen LogP contribution in [0.15, 0.2) is 82.3 Å². The van der Waals surface area contributed by atoms with E-state index in [1.54, 1.807) is 12.1 Å². The first-order valence-electron chi connectivity index (χ1n) is 12.3. The quantitative estimate of drug-likeness (QED) is 0.324. The summed E-state index contributed by atoms with van der Waals surface area (Å²) in [6.07, 6.45) is 0.967. The van der Waals surface area contributed by atoms with Crippen LogP contribution in [0.1, 0.15) is 30.0 Å². The second-order valence-corrected chi connectivity index (χ2v) is 9.81. The molecule has 1 heterocycles. The maximum absolute atomic E-state index is 13.7. The van der Waals surface area contributed by atoms with Crippen LogP contribution in [0.25, 0.3) is 0 Å². The number of rotatable bonds is 11. The molecule has 0 radical (unpaired) electrons. The van der Waals surface area contributed by atoms with Gasteiger partial charge in [0.25, 0.3) is 5.91 Å². The van der Waals surface area contributed by atoms with Gasteiger partial charge in [-0.25, -0.2) is 9.38 Å². The van der Waals surface area contributed by atoms with Gasteiger partial charge in [-0.3, -0.25) is 4.79 Å². The molecule has 0 fully saturated rings. The Balaban J connectivity index is 1.56. The Morgan fingerprint density at radius 3 is 2.57 bits per heavy atom. The molecule has 194 valence electrons. The second-order valence-electron chi connectivity index (χ2n) is 8.95. The first kappa shape index (κ1) is 26.8. The maximum atomic E-state index is 13.7. The highest BCUT2D eigenvalue weighted by Crippen LogP contribution is 2.34. The van der Waals surface area contributed by atoms with Crippen molar-refractivity contribution in [3.8, 4) is 5.75 Å². The van der Waals surface area contributed by atoms with Crippen molar-refractivity contribution in [1.82, 2.24) is 5.32 Å². The minimum Gasteiger partial charge on any atom is -0.494 e. The fourth-order valence-electron chi connectivity index (χ4n) is 4.20. The molecule has 3 aromatic carbocycles. The lowest BCUT2D eigenvalue weighted by atomic mass is 9.86. The number of benzene rings is 3. The molecule has 4 rings (SSSR count). The van der Waals surface area contributed by atoms with Gasteiger partial charge in [0.1, 0.15) is 17.7 Å². The number of carbonyl (C=O) groups is 1. The molecule has 0 unspecified atom stereocenters. The van der Waals surface area contributed by atoms with Crippen LogP contribution < -0.4 is 10.1 Å². The van der Waals surface area contributed by atoms with Crippen LogP contribution in [0.2, 0.25) is 0 Å². The summed E-state index contributed by atoms with van der Waals surface area (Å²) in [5, 5.41) is 12.0. The number of halogens is 2. The highest BCUT2D eigenvalue weighted by molar-refractivity contribution is 9.10. The van der Waals surface area contributed by atoms with Crippen LogP contribution in [0, 0.1) is 5.82 Å². The van der Waals surface area contributed by atoms with Crippen LogP contribution in [0.4, 0.5) is 4.39 Å². The minimum absolute atomic E-state index is 0.0756. The number of ether oxygens (including phenoxy) is 2. The third-order valence-corrected chi connectivity index (χ3v) is 7.13. The summed E-state index contributed by atoms with van der Waals surface area (Å²) >= 11 is 3.60. The van der Waals surface area contributed by atoms with Crippen molar-refractivity contribution in [2.75, 3.05) is 19.8 Å². The molecule has 0 spiro atoms. The van der Waals surface area contributed by atoms with Crippen molar-refractivity contribution in [2.45, 2.75) is 37.8 Å². The van der Waals surface area contributed by atoms with E-state index in [0.717, 1.165) is 21.2 Å². The normalized spacial score (nSPS) is 18.7. The molecule has 37 heavy (non-hydrogen) atoms. The molecule has 6 nitrogen and oxygen atoms in total. The lowest BCUT2D eigenvalue weighted by molar-refractivity contribution is -0.128. The van der Waals surface area contributed by atoms with Gasteiger partial charge in [0.15, 0.2) is 5.54 Å². The van der Waals surface area contributed by atoms with Crippen molar-refractivity contribution < 1.29 is 23.8 Å². The Hall–Kier alpha value is -3.23. The van der Waals surface area contributed by atoms with E-state index >= 15 is 0 Å². The van der Waals surface area contributed by atoms with Crippen LogP contribution in [-0.4, -0.2) is 48.3 Å². The molecule has 2 atom stereocenters. The number of amides is 1. The molecule has 8 heteroatoms. The van der Waals surface area contributed by atoms with E-state index in [9.17, 15) is 9.18 Å². The molecule has 3 aromatic rings. The lowest BCUT2D eigenvalue weighted by Gasteiger charge is -2.28. The summed E-state index contributed by atoms with van der Waals surface area (Å²) in [6.45, 7) is 2.75. The van der Waals surface area contributed by atoms with Crippen molar-refractivity contribution >= 4 is 27.7 Å². The minimum atomic E-state index is -1.17. The zero-order valence-electron chi connectivity index (χ0n) is 20.6. The van der Waals surface area contributed by atoms with E-state index in [-0.39, 0.29) is 18.3 Å². The van der Waals surface area contributed by atoms with Gasteiger partial charge in [0, 0.05) is 36.0 Å². The van der Waals surface area contributed by atoms with E-state index in [0.29, 0.717) is 44.1 Å². The fraction of sp³-hybridized carbons (Fsp3) is 0.310. The van der Waals surface area contributed by atoms with Crippen LogP contribution in [0.5, 0.6) is 5.75 Å². The zero-order chi connectivity index (χ0) is 26.3. The van der Waals surface area contributed by atoms with Gasteiger partial charge in [-0.05, 0) is 66.9 Å². The Bertz CT molecular complexity index is 1230. The standard InChI is InChI=1S/C29H30BrFN2O4/c1-20-29(19-23-5-2-3-6-26(23)30,28(35)32-16-15-21-7-11-24(31)12-8-21)33-27(37-20)22-9-13-25(14-10-22)36-18-4-17-34/h2-3,5-14,20,34H,4,15-19H2,1H3,(H,32,35)/t20-,29-/m1/s1. The van der Waals surface area contributed by atoms with Gasteiger partial charge in [0.2, 0.25) is 5.90 Å². The SMILES string of the molecule is C[C@H]1OC(c2ccc(OCCCO)cc2)=N[C@@]1(Cc1ccccc1Br)C(=O)NCCc1ccc(F)cc1. The Kier molecular flexibility index (Phi) is 8.95. The van der Waals surface area contributed by atoms with Gasteiger partial charge in [-0.15, -0.1) is 0 Å². The van der Waals surface area contributed by atoms with Gasteiger partial charge in [-0.2, -0.15) is 0 Å². The second kappa shape index (κ2) is 12.3. The molecule has 0 bridgehead atoms. The molecule has 2 N–H and O–H groups in total. The Labute approximate surface area is 224 Å². The van der Waals surface area contributed by atoms with E-state index in [4.69, 9.17) is 19.6 Å². The van der Waals surface area contributed by atoms with Gasteiger partial charge < -0.3 is 19.9 Å². The number of aliphatic imine (C=N–C) groups is 1. The molecular weight excluding hydrogens is 539 g/mol. The average Bonchev–Trinajstić information content (AvgIpc) is 3.24. The smallest absolute Gasteiger partial charge is 0.252 e. The van der Waals surface area contributed by atoms with Crippen molar-refractivity contribution in [1.29, 1.82) is 0 Å².